The maximum atomic E-state index is 10.7. The predicted octanol–water partition coefficient (Wildman–Crippen LogP) is 4.15. The monoisotopic (exact) mass is 386 g/mol. The van der Waals surface area contributed by atoms with E-state index in [1.807, 2.05) is 13.0 Å². The number of nitrogens with one attached hydrogen (secondary N) is 1. The number of benzene rings is 2. The van der Waals surface area contributed by atoms with Gasteiger partial charge in [-0.15, -0.1) is 0 Å². The first kappa shape index (κ1) is 18.9. The maximum absolute atomic E-state index is 10.7. The summed E-state index contributed by atoms with van der Waals surface area (Å²) in [5.41, 5.74) is 3.60. The first-order valence-electron chi connectivity index (χ1n) is 8.43. The molecule has 4 rings (SSSR count). The van der Waals surface area contributed by atoms with Crippen LogP contribution in [0.4, 0.5) is 10.5 Å². The van der Waals surface area contributed by atoms with Crippen molar-refractivity contribution in [3.63, 3.8) is 0 Å². The molecule has 0 aromatic heterocycles. The van der Waals surface area contributed by atoms with Crippen LogP contribution >= 0.6 is 11.8 Å². The van der Waals surface area contributed by atoms with Crippen LogP contribution in [0.3, 0.4) is 0 Å². The molecule has 8 heteroatoms. The Labute approximate surface area is 160 Å². The smallest absolute Gasteiger partial charge is 0.286 e. The van der Waals surface area contributed by atoms with Crippen LogP contribution in [0, 0.1) is 17.0 Å². The number of nitro benzene ring substituents is 1. The molecule has 1 aliphatic carbocycles. The third kappa shape index (κ3) is 4.85. The molecule has 27 heavy (non-hydrogen) atoms. The lowest BCUT2D eigenvalue weighted by Gasteiger charge is -2.10. The zero-order valence-corrected chi connectivity index (χ0v) is 15.5. The number of amides is 2. The second-order valence-corrected chi connectivity index (χ2v) is 7.17. The van der Waals surface area contributed by atoms with Gasteiger partial charge in [-0.1, -0.05) is 17.8 Å². The van der Waals surface area contributed by atoms with Crippen molar-refractivity contribution in [1.29, 1.82) is 0 Å². The highest BCUT2D eigenvalue weighted by atomic mass is 32.2. The van der Waals surface area contributed by atoms with Crippen LogP contribution in [0.5, 0.6) is 11.5 Å². The highest BCUT2D eigenvalue weighted by Gasteiger charge is 2.17. The molecule has 0 atom stereocenters. The molecule has 1 N–H and O–H groups in total. The number of carbonyl (C=O) groups excluding carboxylic acids is 2. The Balaban J connectivity index is 0.000000253. The van der Waals surface area contributed by atoms with Gasteiger partial charge in [0.1, 0.15) is 11.5 Å². The van der Waals surface area contributed by atoms with Crippen molar-refractivity contribution < 1.29 is 19.2 Å². The molecule has 2 aromatic rings. The summed E-state index contributed by atoms with van der Waals surface area (Å²) in [4.78, 5) is 30.5. The van der Waals surface area contributed by atoms with Crippen LogP contribution in [0.15, 0.2) is 36.4 Å². The molecule has 1 fully saturated rings. The van der Waals surface area contributed by atoms with Gasteiger partial charge in [-0.2, -0.15) is 0 Å². The van der Waals surface area contributed by atoms with Crippen molar-refractivity contribution >= 4 is 28.6 Å². The van der Waals surface area contributed by atoms with Crippen molar-refractivity contribution in [3.8, 4) is 11.5 Å². The van der Waals surface area contributed by atoms with Gasteiger partial charge in [0.05, 0.1) is 10.7 Å². The first-order chi connectivity index (χ1) is 12.9. The Bertz CT molecular complexity index is 899. The van der Waals surface area contributed by atoms with Gasteiger partial charge in [-0.05, 0) is 61.1 Å². The van der Waals surface area contributed by atoms with Crippen LogP contribution in [0.25, 0.3) is 0 Å². The molecule has 2 amide bonds. The molecule has 0 saturated carbocycles. The standard InChI is InChI=1S/C16H15NO3.C3H3NO2S/c1-11-9-14(17(18)19)6-8-16(11)20-15-7-5-12-3-2-4-13(12)10-15;5-2-1-7-3(6)4-2/h5-10H,2-4H2,1H3;1H2,(H,4,5,6). The Morgan fingerprint density at radius 2 is 1.89 bits per heavy atom. The minimum absolute atomic E-state index is 0.0869. The van der Waals surface area contributed by atoms with Crippen molar-refractivity contribution in [2.45, 2.75) is 26.2 Å². The van der Waals surface area contributed by atoms with Crippen LogP contribution in [0.1, 0.15) is 23.1 Å². The number of non-ortho nitro benzene ring substituents is 1. The number of rotatable bonds is 3. The number of nitro groups is 1. The molecule has 2 aliphatic rings. The van der Waals surface area contributed by atoms with Crippen LogP contribution in [-0.4, -0.2) is 21.8 Å². The van der Waals surface area contributed by atoms with Gasteiger partial charge < -0.3 is 4.74 Å². The van der Waals surface area contributed by atoms with Gasteiger partial charge in [0, 0.05) is 12.1 Å². The second kappa shape index (κ2) is 8.22. The zero-order valence-electron chi connectivity index (χ0n) is 14.7. The number of hydrogen-bond donors (Lipinski definition) is 1. The van der Waals surface area contributed by atoms with E-state index in [-0.39, 0.29) is 16.8 Å². The van der Waals surface area contributed by atoms with Crippen LogP contribution in [0.2, 0.25) is 0 Å². The summed E-state index contributed by atoms with van der Waals surface area (Å²) in [5, 5.41) is 12.6. The van der Waals surface area contributed by atoms with Gasteiger partial charge in [0.2, 0.25) is 5.91 Å². The van der Waals surface area contributed by atoms with E-state index in [1.165, 1.54) is 29.7 Å². The molecule has 1 saturated heterocycles. The fraction of sp³-hybridized carbons (Fsp3) is 0.263. The Hall–Kier alpha value is -2.87. The van der Waals surface area contributed by atoms with Gasteiger partial charge in [0.15, 0.2) is 0 Å². The van der Waals surface area contributed by atoms with Gasteiger partial charge in [-0.25, -0.2) is 0 Å². The third-order valence-electron chi connectivity index (χ3n) is 4.24. The number of hydrogen-bond acceptors (Lipinski definition) is 6. The van der Waals surface area contributed by atoms with Crippen molar-refractivity contribution in [2.24, 2.45) is 0 Å². The molecular weight excluding hydrogens is 368 g/mol. The number of imide groups is 1. The molecule has 0 spiro atoms. The van der Waals surface area contributed by atoms with Gasteiger partial charge in [0.25, 0.3) is 10.9 Å². The number of fused-ring (bicyclic) bond motifs is 1. The molecule has 140 valence electrons. The highest BCUT2D eigenvalue weighted by Crippen LogP contribution is 2.31. The fourth-order valence-corrected chi connectivity index (χ4v) is 3.44. The predicted molar refractivity (Wildman–Crippen MR) is 102 cm³/mol. The van der Waals surface area contributed by atoms with E-state index in [0.29, 0.717) is 11.5 Å². The minimum atomic E-state index is -0.397. The van der Waals surface area contributed by atoms with Crippen molar-refractivity contribution in [2.75, 3.05) is 5.75 Å². The van der Waals surface area contributed by atoms with E-state index >= 15 is 0 Å². The highest BCUT2D eigenvalue weighted by molar-refractivity contribution is 8.14. The average molecular weight is 386 g/mol. The summed E-state index contributed by atoms with van der Waals surface area (Å²) in [5.74, 6) is 1.56. The summed E-state index contributed by atoms with van der Waals surface area (Å²) in [6.45, 7) is 1.82. The molecule has 1 aliphatic heterocycles. The quantitative estimate of drug-likeness (QED) is 0.628. The topological polar surface area (TPSA) is 98.5 Å². The molecule has 7 nitrogen and oxygen atoms in total. The van der Waals surface area contributed by atoms with E-state index < -0.39 is 4.92 Å². The lowest BCUT2D eigenvalue weighted by atomic mass is 10.1. The SMILES string of the molecule is Cc1cc([N+](=O)[O-])ccc1Oc1ccc2c(c1)CCC2.O=C1CSC(=O)N1. The molecule has 0 bridgehead atoms. The number of nitrogens with zero attached hydrogens (tertiary/aromatic N) is 1. The number of ether oxygens (including phenoxy) is 1. The molecule has 0 radical (unpaired) electrons. The third-order valence-corrected chi connectivity index (χ3v) is 5.01. The number of thioether (sulfide) groups is 1. The lowest BCUT2D eigenvalue weighted by molar-refractivity contribution is -0.384. The normalized spacial score (nSPS) is 14.9. The Kier molecular flexibility index (Phi) is 5.75. The average Bonchev–Trinajstić information content (AvgIpc) is 3.25. The summed E-state index contributed by atoms with van der Waals surface area (Å²) >= 11 is 1.01. The summed E-state index contributed by atoms with van der Waals surface area (Å²) in [6, 6.07) is 10.8. The van der Waals surface area contributed by atoms with Crippen LogP contribution < -0.4 is 10.1 Å². The van der Waals surface area contributed by atoms with Crippen molar-refractivity contribution in [3.05, 3.63) is 63.2 Å². The zero-order chi connectivity index (χ0) is 19.4. The van der Waals surface area contributed by atoms with E-state index in [2.05, 4.69) is 17.4 Å². The number of carbonyl (C=O) groups is 2. The summed E-state index contributed by atoms with van der Waals surface area (Å²) in [7, 11) is 0. The fourth-order valence-electron chi connectivity index (χ4n) is 2.92. The number of aryl methyl sites for hydroxylation is 3. The molecule has 1 heterocycles. The first-order valence-corrected chi connectivity index (χ1v) is 9.42. The molecular formula is C19H18N2O5S. The van der Waals surface area contributed by atoms with E-state index in [1.54, 1.807) is 6.07 Å². The second-order valence-electron chi connectivity index (χ2n) is 6.22. The Morgan fingerprint density at radius 3 is 2.48 bits per heavy atom. The van der Waals surface area contributed by atoms with Gasteiger partial charge >= 0.3 is 0 Å². The minimum Gasteiger partial charge on any atom is -0.457 e. The lowest BCUT2D eigenvalue weighted by Crippen LogP contribution is -2.18. The summed E-state index contributed by atoms with van der Waals surface area (Å²) < 4.78 is 5.85. The van der Waals surface area contributed by atoms with E-state index in [0.717, 1.165) is 35.9 Å². The van der Waals surface area contributed by atoms with Crippen molar-refractivity contribution in [1.82, 2.24) is 5.32 Å². The Morgan fingerprint density at radius 1 is 1.11 bits per heavy atom. The van der Waals surface area contributed by atoms with Crippen LogP contribution in [-0.2, 0) is 17.6 Å². The van der Waals surface area contributed by atoms with E-state index in [9.17, 15) is 19.7 Å². The molecule has 2 aromatic carbocycles. The van der Waals surface area contributed by atoms with Gasteiger partial charge in [-0.3, -0.25) is 25.0 Å². The van der Waals surface area contributed by atoms with E-state index in [4.69, 9.17) is 4.74 Å². The summed E-state index contributed by atoms with van der Waals surface area (Å²) in [6.07, 6.45) is 3.45. The largest absolute Gasteiger partial charge is 0.457 e. The maximum Gasteiger partial charge on any atom is 0.286 e. The molecule has 0 unspecified atom stereocenters.